The van der Waals surface area contributed by atoms with Gasteiger partial charge in [-0.15, -0.1) is 0 Å². The molecule has 0 aliphatic heterocycles. The number of aromatic nitrogens is 1. The lowest BCUT2D eigenvalue weighted by atomic mass is 10.2. The van der Waals surface area contributed by atoms with Crippen LogP contribution in [0.25, 0.3) is 0 Å². The number of hydrogen-bond donors (Lipinski definition) is 1. The second-order valence-corrected chi connectivity index (χ2v) is 4.07. The Morgan fingerprint density at radius 1 is 1.24 bits per heavy atom. The van der Waals surface area contributed by atoms with Crippen molar-refractivity contribution in [2.45, 2.75) is 6.92 Å². The van der Waals surface area contributed by atoms with Gasteiger partial charge in [-0.3, -0.25) is 14.6 Å². The van der Waals surface area contributed by atoms with Crippen molar-refractivity contribution in [3.63, 3.8) is 0 Å². The van der Waals surface area contributed by atoms with Crippen LogP contribution < -0.4 is 10.2 Å². The minimum atomic E-state index is -0.421. The molecular formula is C15H13N3O3. The third-order valence-electron chi connectivity index (χ3n) is 2.47. The number of carbonyl (C=O) groups is 2. The molecule has 2 rings (SSSR count). The number of esters is 1. The lowest BCUT2D eigenvalue weighted by molar-refractivity contribution is -0.131. The zero-order valence-electron chi connectivity index (χ0n) is 11.3. The maximum absolute atomic E-state index is 11.7. The number of hydrogen-bond acceptors (Lipinski definition) is 5. The van der Waals surface area contributed by atoms with Crippen LogP contribution in [-0.4, -0.2) is 23.1 Å². The van der Waals surface area contributed by atoms with Crippen LogP contribution in [0.15, 0.2) is 53.9 Å². The molecule has 0 radical (unpaired) electrons. The van der Waals surface area contributed by atoms with E-state index < -0.39 is 5.97 Å². The molecule has 0 saturated heterocycles. The Balaban J connectivity index is 2.05. The molecule has 6 heteroatoms. The average Bonchev–Trinajstić information content (AvgIpc) is 2.49. The van der Waals surface area contributed by atoms with E-state index in [4.69, 9.17) is 4.74 Å². The summed E-state index contributed by atoms with van der Waals surface area (Å²) in [5.74, 6) is -0.413. The third-order valence-corrected chi connectivity index (χ3v) is 2.47. The molecule has 21 heavy (non-hydrogen) atoms. The number of ether oxygens (including phenoxy) is 1. The SMILES string of the molecule is CC(=O)Oc1ccccc1/C=N/NC(=O)c1cccnc1. The highest BCUT2D eigenvalue weighted by molar-refractivity contribution is 5.94. The number of nitrogens with one attached hydrogen (secondary N) is 1. The number of amides is 1. The molecule has 0 spiro atoms. The summed E-state index contributed by atoms with van der Waals surface area (Å²) >= 11 is 0. The summed E-state index contributed by atoms with van der Waals surface area (Å²) in [5, 5.41) is 3.84. The van der Waals surface area contributed by atoms with E-state index in [2.05, 4.69) is 15.5 Å². The van der Waals surface area contributed by atoms with Gasteiger partial charge in [0.15, 0.2) is 0 Å². The van der Waals surface area contributed by atoms with Crippen LogP contribution in [0.4, 0.5) is 0 Å². The Hall–Kier alpha value is -3.02. The highest BCUT2D eigenvalue weighted by atomic mass is 16.5. The van der Waals surface area contributed by atoms with Crippen LogP contribution >= 0.6 is 0 Å². The van der Waals surface area contributed by atoms with Crippen LogP contribution in [-0.2, 0) is 4.79 Å². The molecule has 0 unspecified atom stereocenters. The van der Waals surface area contributed by atoms with Gasteiger partial charge >= 0.3 is 5.97 Å². The van der Waals surface area contributed by atoms with Gasteiger partial charge in [-0.25, -0.2) is 5.43 Å². The summed E-state index contributed by atoms with van der Waals surface area (Å²) in [4.78, 5) is 26.6. The number of carbonyl (C=O) groups excluding carboxylic acids is 2. The Kier molecular flexibility index (Phi) is 4.76. The highest BCUT2D eigenvalue weighted by Gasteiger charge is 2.05. The molecule has 1 amide bonds. The lowest BCUT2D eigenvalue weighted by Crippen LogP contribution is -2.17. The molecule has 1 heterocycles. The Labute approximate surface area is 121 Å². The van der Waals surface area contributed by atoms with Crippen LogP contribution in [0.1, 0.15) is 22.8 Å². The molecule has 0 fully saturated rings. The largest absolute Gasteiger partial charge is 0.426 e. The first kappa shape index (κ1) is 14.4. The zero-order valence-corrected chi connectivity index (χ0v) is 11.3. The van der Waals surface area contributed by atoms with Gasteiger partial charge in [0.1, 0.15) is 5.75 Å². The van der Waals surface area contributed by atoms with E-state index in [0.717, 1.165) is 0 Å². The Morgan fingerprint density at radius 3 is 2.76 bits per heavy atom. The first-order valence-corrected chi connectivity index (χ1v) is 6.17. The van der Waals surface area contributed by atoms with Crippen molar-refractivity contribution < 1.29 is 14.3 Å². The second-order valence-electron chi connectivity index (χ2n) is 4.07. The molecule has 0 aliphatic carbocycles. The summed E-state index contributed by atoms with van der Waals surface area (Å²) in [7, 11) is 0. The fourth-order valence-electron chi connectivity index (χ4n) is 1.56. The summed E-state index contributed by atoms with van der Waals surface area (Å²) in [5.41, 5.74) is 3.37. The first-order chi connectivity index (χ1) is 10.2. The second kappa shape index (κ2) is 6.95. The van der Waals surface area contributed by atoms with Gasteiger partial charge in [0.05, 0.1) is 11.8 Å². The van der Waals surface area contributed by atoms with Gasteiger partial charge in [0, 0.05) is 24.9 Å². The Morgan fingerprint density at radius 2 is 2.05 bits per heavy atom. The van der Waals surface area contributed by atoms with Crippen molar-refractivity contribution in [1.29, 1.82) is 0 Å². The van der Waals surface area contributed by atoms with Crippen molar-refractivity contribution >= 4 is 18.1 Å². The maximum Gasteiger partial charge on any atom is 0.308 e. The van der Waals surface area contributed by atoms with E-state index in [-0.39, 0.29) is 5.91 Å². The number of para-hydroxylation sites is 1. The van der Waals surface area contributed by atoms with Crippen molar-refractivity contribution in [2.75, 3.05) is 0 Å². The molecule has 106 valence electrons. The fourth-order valence-corrected chi connectivity index (χ4v) is 1.56. The molecule has 1 aromatic heterocycles. The number of benzene rings is 1. The van der Waals surface area contributed by atoms with Crippen LogP contribution in [0.5, 0.6) is 5.75 Å². The molecule has 0 atom stereocenters. The van der Waals surface area contributed by atoms with Crippen molar-refractivity contribution in [3.05, 3.63) is 59.9 Å². The number of rotatable bonds is 4. The van der Waals surface area contributed by atoms with Gasteiger partial charge in [0.25, 0.3) is 5.91 Å². The van der Waals surface area contributed by atoms with Crippen LogP contribution in [0.2, 0.25) is 0 Å². The van der Waals surface area contributed by atoms with Gasteiger partial charge in [-0.1, -0.05) is 12.1 Å². The maximum atomic E-state index is 11.7. The van der Waals surface area contributed by atoms with Crippen LogP contribution in [0.3, 0.4) is 0 Å². The zero-order chi connectivity index (χ0) is 15.1. The quantitative estimate of drug-likeness (QED) is 0.401. The summed E-state index contributed by atoms with van der Waals surface area (Å²) in [6.07, 6.45) is 4.43. The van der Waals surface area contributed by atoms with E-state index in [1.165, 1.54) is 19.3 Å². The molecule has 6 nitrogen and oxygen atoms in total. The van der Waals surface area contributed by atoms with Crippen LogP contribution in [0, 0.1) is 0 Å². The van der Waals surface area contributed by atoms with Gasteiger partial charge < -0.3 is 4.74 Å². The van der Waals surface area contributed by atoms with E-state index >= 15 is 0 Å². The molecule has 2 aromatic rings. The smallest absolute Gasteiger partial charge is 0.308 e. The highest BCUT2D eigenvalue weighted by Crippen LogP contribution is 2.15. The third kappa shape index (κ3) is 4.24. The number of nitrogens with zero attached hydrogens (tertiary/aromatic N) is 2. The monoisotopic (exact) mass is 283 g/mol. The lowest BCUT2D eigenvalue weighted by Gasteiger charge is -2.04. The average molecular weight is 283 g/mol. The summed E-state index contributed by atoms with van der Waals surface area (Å²) in [6.45, 7) is 1.32. The fraction of sp³-hybridized carbons (Fsp3) is 0.0667. The normalized spacial score (nSPS) is 10.3. The predicted octanol–water partition coefficient (Wildman–Crippen LogP) is 1.77. The molecule has 0 bridgehead atoms. The van der Waals surface area contributed by atoms with Gasteiger partial charge in [-0.05, 0) is 24.3 Å². The minimum Gasteiger partial charge on any atom is -0.426 e. The topological polar surface area (TPSA) is 80.6 Å². The number of hydrazone groups is 1. The molecular weight excluding hydrogens is 270 g/mol. The van der Waals surface area contributed by atoms with Crippen molar-refractivity contribution in [3.8, 4) is 5.75 Å². The van der Waals surface area contributed by atoms with E-state index in [1.54, 1.807) is 42.6 Å². The van der Waals surface area contributed by atoms with Crippen molar-refractivity contribution in [2.24, 2.45) is 5.10 Å². The van der Waals surface area contributed by atoms with Gasteiger partial charge in [-0.2, -0.15) is 5.10 Å². The Bertz CT molecular complexity index is 669. The van der Waals surface area contributed by atoms with Crippen molar-refractivity contribution in [1.82, 2.24) is 10.4 Å². The molecule has 0 saturated carbocycles. The molecule has 1 N–H and O–H groups in total. The van der Waals surface area contributed by atoms with E-state index in [9.17, 15) is 9.59 Å². The molecule has 1 aromatic carbocycles. The first-order valence-electron chi connectivity index (χ1n) is 6.17. The summed E-state index contributed by atoms with van der Waals surface area (Å²) in [6, 6.07) is 10.2. The molecule has 0 aliphatic rings. The summed E-state index contributed by atoms with van der Waals surface area (Å²) < 4.78 is 5.03. The van der Waals surface area contributed by atoms with Gasteiger partial charge in [0.2, 0.25) is 0 Å². The standard InChI is InChI=1S/C15H13N3O3/c1-11(19)21-14-7-3-2-5-12(14)10-17-18-15(20)13-6-4-8-16-9-13/h2-10H,1H3,(H,18,20)/b17-10+. The number of pyridine rings is 1. The predicted molar refractivity (Wildman–Crippen MR) is 77.0 cm³/mol. The van der Waals surface area contributed by atoms with E-state index in [1.807, 2.05) is 0 Å². The van der Waals surface area contributed by atoms with E-state index in [0.29, 0.717) is 16.9 Å². The minimum absolute atomic E-state index is 0.371.